The van der Waals surface area contributed by atoms with Gasteiger partial charge in [0.2, 0.25) is 5.91 Å². The molecular weight excluding hydrogens is 248 g/mol. The minimum atomic E-state index is -1.000. The Morgan fingerprint density at radius 2 is 2.26 bits per heavy atom. The Morgan fingerprint density at radius 3 is 2.89 bits per heavy atom. The number of carboxylic acids is 1. The van der Waals surface area contributed by atoms with Crippen molar-refractivity contribution in [1.29, 1.82) is 0 Å². The minimum Gasteiger partial charge on any atom is -0.480 e. The molecule has 6 nitrogen and oxygen atoms in total. The molecule has 1 saturated heterocycles. The van der Waals surface area contributed by atoms with E-state index < -0.39 is 18.1 Å². The lowest BCUT2D eigenvalue weighted by atomic mass is 10.0. The Hall–Kier alpha value is -1.58. The second-order valence-electron chi connectivity index (χ2n) is 4.58. The number of hydrogen-bond acceptors (Lipinski definition) is 4. The highest BCUT2D eigenvalue weighted by molar-refractivity contribution is 5.81. The van der Waals surface area contributed by atoms with Gasteiger partial charge < -0.3 is 20.9 Å². The molecule has 6 heteroatoms. The van der Waals surface area contributed by atoms with E-state index in [9.17, 15) is 9.59 Å². The molecule has 0 spiro atoms. The monoisotopic (exact) mass is 268 g/mol. The van der Waals surface area contributed by atoms with E-state index in [0.717, 1.165) is 0 Å². The topological polar surface area (TPSA) is 102 Å². The van der Waals surface area contributed by atoms with Crippen LogP contribution in [0.3, 0.4) is 0 Å². The molecule has 0 aromatic carbocycles. The van der Waals surface area contributed by atoms with Crippen molar-refractivity contribution in [2.45, 2.75) is 37.8 Å². The molecule has 1 rings (SSSR count). The molecule has 1 amide bonds. The molecule has 0 aromatic heterocycles. The van der Waals surface area contributed by atoms with Crippen molar-refractivity contribution in [2.24, 2.45) is 11.7 Å². The van der Waals surface area contributed by atoms with Gasteiger partial charge in [-0.2, -0.15) is 0 Å². The molecule has 1 fully saturated rings. The lowest BCUT2D eigenvalue weighted by Gasteiger charge is -2.14. The van der Waals surface area contributed by atoms with E-state index in [-0.39, 0.29) is 11.8 Å². The lowest BCUT2D eigenvalue weighted by molar-refractivity contribution is -0.138. The van der Waals surface area contributed by atoms with Crippen LogP contribution < -0.4 is 11.1 Å². The standard InChI is InChI=1S/C13H20N2O4/c1-2-9-6-8-19-11(9)12(16)15-7-4-3-5-10(14)13(17)18/h1,9-11H,3-8,14H2,(H,15,16)(H,17,18). The van der Waals surface area contributed by atoms with Gasteiger partial charge >= 0.3 is 5.97 Å². The van der Waals surface area contributed by atoms with Gasteiger partial charge in [-0.15, -0.1) is 6.42 Å². The summed E-state index contributed by atoms with van der Waals surface area (Å²) in [5.74, 6) is 1.21. The molecule has 0 aliphatic carbocycles. The summed E-state index contributed by atoms with van der Waals surface area (Å²) < 4.78 is 5.29. The smallest absolute Gasteiger partial charge is 0.320 e. The number of amides is 1. The summed E-state index contributed by atoms with van der Waals surface area (Å²) in [5, 5.41) is 11.3. The third kappa shape index (κ3) is 4.89. The van der Waals surface area contributed by atoms with E-state index in [1.807, 2.05) is 0 Å². The molecule has 3 unspecified atom stereocenters. The number of hydrogen-bond donors (Lipinski definition) is 3. The number of carbonyl (C=O) groups is 2. The quantitative estimate of drug-likeness (QED) is 0.435. The van der Waals surface area contributed by atoms with Crippen molar-refractivity contribution in [3.63, 3.8) is 0 Å². The molecule has 0 saturated carbocycles. The zero-order chi connectivity index (χ0) is 14.3. The first-order chi connectivity index (χ1) is 9.06. The van der Waals surface area contributed by atoms with E-state index in [4.69, 9.17) is 22.0 Å². The van der Waals surface area contributed by atoms with Crippen molar-refractivity contribution in [3.05, 3.63) is 0 Å². The molecule has 1 heterocycles. The summed E-state index contributed by atoms with van der Waals surface area (Å²) in [4.78, 5) is 22.3. The zero-order valence-electron chi connectivity index (χ0n) is 10.8. The average Bonchev–Trinajstić information content (AvgIpc) is 2.85. The fourth-order valence-corrected chi connectivity index (χ4v) is 1.94. The fourth-order valence-electron chi connectivity index (χ4n) is 1.94. The van der Waals surface area contributed by atoms with Crippen LogP contribution in [0.2, 0.25) is 0 Å². The van der Waals surface area contributed by atoms with Gasteiger partial charge in [-0.1, -0.05) is 5.92 Å². The van der Waals surface area contributed by atoms with Crippen LogP contribution in [-0.2, 0) is 14.3 Å². The highest BCUT2D eigenvalue weighted by atomic mass is 16.5. The van der Waals surface area contributed by atoms with Crippen LogP contribution in [0, 0.1) is 18.3 Å². The van der Waals surface area contributed by atoms with Gasteiger partial charge in [-0.05, 0) is 25.7 Å². The first-order valence-corrected chi connectivity index (χ1v) is 6.40. The van der Waals surface area contributed by atoms with Crippen LogP contribution in [0.1, 0.15) is 25.7 Å². The van der Waals surface area contributed by atoms with Crippen molar-refractivity contribution >= 4 is 11.9 Å². The number of terminal acetylenes is 1. The lowest BCUT2D eigenvalue weighted by Crippen LogP contribution is -2.38. The maximum Gasteiger partial charge on any atom is 0.320 e. The maximum absolute atomic E-state index is 11.8. The van der Waals surface area contributed by atoms with Crippen LogP contribution >= 0.6 is 0 Å². The van der Waals surface area contributed by atoms with Crippen molar-refractivity contribution in [2.75, 3.05) is 13.2 Å². The second kappa shape index (κ2) is 7.77. The Bertz CT molecular complexity index is 364. The van der Waals surface area contributed by atoms with Crippen LogP contribution in [-0.4, -0.2) is 42.3 Å². The Labute approximate surface area is 112 Å². The third-order valence-corrected chi connectivity index (χ3v) is 3.12. The van der Waals surface area contributed by atoms with E-state index in [1.54, 1.807) is 0 Å². The molecular formula is C13H20N2O4. The predicted octanol–water partition coefficient (Wildman–Crippen LogP) is -0.277. The van der Waals surface area contributed by atoms with E-state index in [2.05, 4.69) is 11.2 Å². The van der Waals surface area contributed by atoms with Gasteiger partial charge in [0.05, 0.1) is 5.92 Å². The highest BCUT2D eigenvalue weighted by Crippen LogP contribution is 2.19. The largest absolute Gasteiger partial charge is 0.480 e. The summed E-state index contributed by atoms with van der Waals surface area (Å²) in [7, 11) is 0. The molecule has 3 atom stereocenters. The van der Waals surface area contributed by atoms with Crippen molar-refractivity contribution in [1.82, 2.24) is 5.32 Å². The summed E-state index contributed by atoms with van der Waals surface area (Å²) in [5.41, 5.74) is 5.37. The SMILES string of the molecule is C#CC1CCOC1C(=O)NCCCCC(N)C(=O)O. The molecule has 4 N–H and O–H groups in total. The maximum atomic E-state index is 11.8. The van der Waals surface area contributed by atoms with Crippen LogP contribution in [0.4, 0.5) is 0 Å². The highest BCUT2D eigenvalue weighted by Gasteiger charge is 2.32. The molecule has 0 aromatic rings. The number of rotatable bonds is 7. The van der Waals surface area contributed by atoms with E-state index in [1.165, 1.54) is 0 Å². The first kappa shape index (κ1) is 15.5. The number of carbonyl (C=O) groups excluding carboxylic acids is 1. The van der Waals surface area contributed by atoms with E-state index >= 15 is 0 Å². The normalized spacial score (nSPS) is 23.6. The molecule has 1 aliphatic heterocycles. The Morgan fingerprint density at radius 1 is 1.53 bits per heavy atom. The predicted molar refractivity (Wildman–Crippen MR) is 69.2 cm³/mol. The van der Waals surface area contributed by atoms with Gasteiger partial charge in [-0.3, -0.25) is 9.59 Å². The zero-order valence-corrected chi connectivity index (χ0v) is 10.8. The van der Waals surface area contributed by atoms with Crippen LogP contribution in [0.15, 0.2) is 0 Å². The molecule has 0 radical (unpaired) electrons. The average molecular weight is 268 g/mol. The van der Waals surface area contributed by atoms with Gasteiger partial charge in [0, 0.05) is 13.2 Å². The van der Waals surface area contributed by atoms with Gasteiger partial charge in [0.15, 0.2) is 0 Å². The number of ether oxygens (including phenoxy) is 1. The number of nitrogens with two attached hydrogens (primary N) is 1. The third-order valence-electron chi connectivity index (χ3n) is 3.12. The Balaban J connectivity index is 2.14. The molecule has 1 aliphatic rings. The van der Waals surface area contributed by atoms with Gasteiger partial charge in [0.1, 0.15) is 12.1 Å². The van der Waals surface area contributed by atoms with Crippen molar-refractivity contribution < 1.29 is 19.4 Å². The number of unbranched alkanes of at least 4 members (excludes halogenated alkanes) is 1. The van der Waals surface area contributed by atoms with Crippen molar-refractivity contribution in [3.8, 4) is 12.3 Å². The number of aliphatic carboxylic acids is 1. The summed E-state index contributed by atoms with van der Waals surface area (Å²) in [6.07, 6.45) is 7.21. The second-order valence-corrected chi connectivity index (χ2v) is 4.58. The molecule has 19 heavy (non-hydrogen) atoms. The first-order valence-electron chi connectivity index (χ1n) is 6.40. The summed E-state index contributed by atoms with van der Waals surface area (Å²) in [6, 6.07) is -0.834. The number of carboxylic acid groups (broad SMARTS) is 1. The van der Waals surface area contributed by atoms with Gasteiger partial charge in [-0.25, -0.2) is 0 Å². The summed E-state index contributed by atoms with van der Waals surface area (Å²) in [6.45, 7) is 0.989. The van der Waals surface area contributed by atoms with Gasteiger partial charge in [0.25, 0.3) is 0 Å². The molecule has 106 valence electrons. The number of nitrogens with one attached hydrogen (secondary N) is 1. The minimum absolute atomic E-state index is 0.152. The fraction of sp³-hybridized carbons (Fsp3) is 0.692. The molecule has 0 bridgehead atoms. The van der Waals surface area contributed by atoms with Crippen LogP contribution in [0.5, 0.6) is 0 Å². The summed E-state index contributed by atoms with van der Waals surface area (Å²) >= 11 is 0. The Kier molecular flexibility index (Phi) is 6.33. The van der Waals surface area contributed by atoms with Crippen LogP contribution in [0.25, 0.3) is 0 Å². The van der Waals surface area contributed by atoms with E-state index in [0.29, 0.717) is 38.8 Å².